The van der Waals surface area contributed by atoms with Crippen molar-refractivity contribution in [3.8, 4) is 0 Å². The first kappa shape index (κ1) is 6.90. The van der Waals surface area contributed by atoms with Crippen molar-refractivity contribution in [2.45, 2.75) is 19.0 Å². The minimum absolute atomic E-state index is 0.834. The van der Waals surface area contributed by atoms with Gasteiger partial charge in [0, 0.05) is 17.9 Å². The van der Waals surface area contributed by atoms with Crippen LogP contribution in [0, 0.1) is 0 Å². The molecular weight excluding hydrogens is 133 g/mol. The van der Waals surface area contributed by atoms with Gasteiger partial charge in [0.1, 0.15) is 7.05 Å². The maximum absolute atomic E-state index is 2.32. The first-order chi connectivity index (χ1) is 5.29. The van der Waals surface area contributed by atoms with Gasteiger partial charge >= 0.3 is 0 Å². The van der Waals surface area contributed by atoms with E-state index in [1.165, 1.54) is 12.0 Å². The predicted octanol–water partition coefficient (Wildman–Crippen LogP) is 1.27. The highest BCUT2D eigenvalue weighted by Crippen LogP contribution is 2.38. The molecule has 0 radical (unpaired) electrons. The highest BCUT2D eigenvalue weighted by Gasteiger charge is 2.42. The molecule has 56 valence electrons. The molecule has 0 bridgehead atoms. The van der Waals surface area contributed by atoms with Crippen LogP contribution < -0.4 is 4.57 Å². The summed E-state index contributed by atoms with van der Waals surface area (Å²) in [4.78, 5) is 0. The lowest BCUT2D eigenvalue weighted by Gasteiger charge is -1.95. The van der Waals surface area contributed by atoms with Crippen molar-refractivity contribution < 1.29 is 4.57 Å². The van der Waals surface area contributed by atoms with Crippen LogP contribution in [-0.4, -0.2) is 6.71 Å². The molecule has 11 heavy (non-hydrogen) atoms. The van der Waals surface area contributed by atoms with Crippen molar-refractivity contribution in [2.24, 2.45) is 7.05 Å². The first-order valence-electron chi connectivity index (χ1n) is 4.23. The molecule has 1 nitrogen and oxygen atoms in total. The van der Waals surface area contributed by atoms with Crippen molar-refractivity contribution in [2.75, 3.05) is 0 Å². The maximum Gasteiger partial charge on any atom is 0.176 e. The maximum atomic E-state index is 2.32. The van der Waals surface area contributed by atoms with Crippen LogP contribution in [-0.2, 0) is 7.05 Å². The second kappa shape index (κ2) is 2.37. The van der Waals surface area contributed by atoms with E-state index in [9.17, 15) is 0 Å². The summed E-state index contributed by atoms with van der Waals surface area (Å²) in [6, 6.07) is 6.44. The summed E-state index contributed by atoms with van der Waals surface area (Å²) in [5.74, 6) is 0.834. The second-order valence-electron chi connectivity index (χ2n) is 3.56. The Balaban J connectivity index is 2.31. The highest BCUT2D eigenvalue weighted by molar-refractivity contribution is 6.70. The van der Waals surface area contributed by atoms with Crippen LogP contribution in [0.3, 0.4) is 0 Å². The standard InChI is InChI=1S/C9H13BN/c1-10-7-8(10)9-5-3-4-6-11(9)2/h3-6,8H,7H2,1-2H3/q+1. The SMILES string of the molecule is CB1CC1c1cccc[n+]1C. The molecule has 1 aliphatic rings. The number of rotatable bonds is 1. The van der Waals surface area contributed by atoms with Crippen molar-refractivity contribution in [3.63, 3.8) is 0 Å². The fourth-order valence-corrected chi connectivity index (χ4v) is 1.66. The second-order valence-corrected chi connectivity index (χ2v) is 3.56. The Hall–Kier alpha value is -0.785. The lowest BCUT2D eigenvalue weighted by Crippen LogP contribution is -2.32. The van der Waals surface area contributed by atoms with Gasteiger partial charge in [0.05, 0.1) is 0 Å². The van der Waals surface area contributed by atoms with E-state index in [-0.39, 0.29) is 0 Å². The van der Waals surface area contributed by atoms with Crippen LogP contribution in [0.25, 0.3) is 0 Å². The molecule has 1 aromatic heterocycles. The molecule has 0 aliphatic carbocycles. The average Bonchev–Trinajstić information content (AvgIpc) is 2.68. The summed E-state index contributed by atoms with van der Waals surface area (Å²) in [6.45, 7) is 3.22. The van der Waals surface area contributed by atoms with E-state index >= 15 is 0 Å². The van der Waals surface area contributed by atoms with Crippen LogP contribution in [0.15, 0.2) is 24.4 Å². The Morgan fingerprint density at radius 2 is 2.27 bits per heavy atom. The summed E-state index contributed by atoms with van der Waals surface area (Å²) in [7, 11) is 2.13. The molecule has 1 saturated heterocycles. The van der Waals surface area contributed by atoms with Crippen molar-refractivity contribution in [3.05, 3.63) is 30.1 Å². The number of nitrogens with zero attached hydrogens (tertiary/aromatic N) is 1. The van der Waals surface area contributed by atoms with Crippen LogP contribution in [0.5, 0.6) is 0 Å². The summed E-state index contributed by atoms with van der Waals surface area (Å²) in [5.41, 5.74) is 1.49. The average molecular weight is 146 g/mol. The summed E-state index contributed by atoms with van der Waals surface area (Å²) >= 11 is 0. The third-order valence-electron chi connectivity index (χ3n) is 2.58. The van der Waals surface area contributed by atoms with Gasteiger partial charge < -0.3 is 0 Å². The zero-order valence-electron chi connectivity index (χ0n) is 7.12. The molecule has 2 heteroatoms. The van der Waals surface area contributed by atoms with Crippen molar-refractivity contribution in [1.29, 1.82) is 0 Å². The van der Waals surface area contributed by atoms with Gasteiger partial charge in [-0.1, -0.05) is 19.2 Å². The molecule has 2 heterocycles. The Bertz CT molecular complexity index is 272. The summed E-state index contributed by atoms with van der Waals surface area (Å²) < 4.78 is 2.23. The van der Waals surface area contributed by atoms with E-state index in [4.69, 9.17) is 0 Å². The Morgan fingerprint density at radius 1 is 1.55 bits per heavy atom. The Labute approximate surface area is 68.1 Å². The zero-order chi connectivity index (χ0) is 7.84. The molecule has 1 fully saturated rings. The van der Waals surface area contributed by atoms with Gasteiger partial charge in [0.2, 0.25) is 0 Å². The monoisotopic (exact) mass is 146 g/mol. The normalized spacial score (nSPS) is 22.0. The van der Waals surface area contributed by atoms with Gasteiger partial charge in [0.25, 0.3) is 0 Å². The molecule has 0 amide bonds. The quantitative estimate of drug-likeness (QED) is 0.415. The highest BCUT2D eigenvalue weighted by atomic mass is 14.9. The molecule has 0 N–H and O–H groups in total. The van der Waals surface area contributed by atoms with Gasteiger partial charge in [-0.25, -0.2) is 4.57 Å². The van der Waals surface area contributed by atoms with Gasteiger partial charge in [-0.15, -0.1) is 0 Å². The van der Waals surface area contributed by atoms with Gasteiger partial charge in [0.15, 0.2) is 18.6 Å². The van der Waals surface area contributed by atoms with Crippen LogP contribution in [0.2, 0.25) is 13.1 Å². The zero-order valence-corrected chi connectivity index (χ0v) is 7.12. The summed E-state index contributed by atoms with van der Waals surface area (Å²) in [5, 5.41) is 0. The smallest absolute Gasteiger partial charge is 0.176 e. The predicted molar refractivity (Wildman–Crippen MR) is 46.8 cm³/mol. The van der Waals surface area contributed by atoms with Crippen molar-refractivity contribution >= 4 is 6.71 Å². The van der Waals surface area contributed by atoms with E-state index in [1.807, 2.05) is 0 Å². The molecule has 0 aromatic carbocycles. The first-order valence-corrected chi connectivity index (χ1v) is 4.23. The molecular formula is C9H13BN+. The van der Waals surface area contributed by atoms with E-state index in [0.717, 1.165) is 12.5 Å². The third kappa shape index (κ3) is 1.17. The number of hydrogen-bond acceptors (Lipinski definition) is 0. The Kier molecular flexibility index (Phi) is 1.48. The van der Waals surface area contributed by atoms with Crippen LogP contribution >= 0.6 is 0 Å². The topological polar surface area (TPSA) is 3.88 Å². The fourth-order valence-electron chi connectivity index (χ4n) is 1.66. The number of hydrogen-bond donors (Lipinski definition) is 0. The lowest BCUT2D eigenvalue weighted by atomic mass is 9.70. The molecule has 2 rings (SSSR count). The van der Waals surface area contributed by atoms with Crippen molar-refractivity contribution in [1.82, 2.24) is 0 Å². The van der Waals surface area contributed by atoms with E-state index in [2.05, 4.69) is 42.8 Å². The van der Waals surface area contributed by atoms with E-state index in [0.29, 0.717) is 0 Å². The van der Waals surface area contributed by atoms with Gasteiger partial charge in [-0.05, 0) is 0 Å². The van der Waals surface area contributed by atoms with E-state index < -0.39 is 0 Å². The lowest BCUT2D eigenvalue weighted by molar-refractivity contribution is -0.678. The van der Waals surface area contributed by atoms with E-state index in [1.54, 1.807) is 0 Å². The molecule has 0 saturated carbocycles. The minimum atomic E-state index is 0.834. The van der Waals surface area contributed by atoms with Crippen LogP contribution in [0.4, 0.5) is 0 Å². The Morgan fingerprint density at radius 3 is 2.82 bits per heavy atom. The number of pyridine rings is 1. The van der Waals surface area contributed by atoms with Crippen LogP contribution in [0.1, 0.15) is 11.5 Å². The molecule has 1 aromatic rings. The van der Waals surface area contributed by atoms with Gasteiger partial charge in [-0.3, -0.25) is 0 Å². The number of aryl methyl sites for hydroxylation is 1. The largest absolute Gasteiger partial charge is 0.206 e. The molecule has 1 aliphatic heterocycles. The minimum Gasteiger partial charge on any atom is -0.206 e. The number of aromatic nitrogens is 1. The van der Waals surface area contributed by atoms with Gasteiger partial charge in [-0.2, -0.15) is 0 Å². The summed E-state index contributed by atoms with van der Waals surface area (Å²) in [6.07, 6.45) is 3.50. The molecule has 1 unspecified atom stereocenters. The molecule has 1 atom stereocenters. The fraction of sp³-hybridized carbons (Fsp3) is 0.444. The third-order valence-corrected chi connectivity index (χ3v) is 2.58. The molecule has 0 spiro atoms.